The number of furan rings is 1. The van der Waals surface area contributed by atoms with Gasteiger partial charge in [-0.05, 0) is 68.2 Å². The van der Waals surface area contributed by atoms with Gasteiger partial charge in [-0.25, -0.2) is 0 Å². The van der Waals surface area contributed by atoms with Gasteiger partial charge in [0, 0.05) is 17.0 Å². The molecule has 122 valence electrons. The van der Waals surface area contributed by atoms with Crippen LogP contribution in [-0.4, -0.2) is 23.2 Å². The highest BCUT2D eigenvalue weighted by molar-refractivity contribution is 5.88. The minimum absolute atomic E-state index is 0.0505. The Morgan fingerprint density at radius 2 is 1.91 bits per heavy atom. The lowest BCUT2D eigenvalue weighted by Gasteiger charge is -2.26. The Morgan fingerprint density at radius 1 is 1.17 bits per heavy atom. The van der Waals surface area contributed by atoms with Gasteiger partial charge in [0.1, 0.15) is 5.58 Å². The van der Waals surface area contributed by atoms with Crippen molar-refractivity contribution in [3.8, 4) is 0 Å². The molecule has 0 saturated heterocycles. The lowest BCUT2D eigenvalue weighted by Crippen LogP contribution is -2.39. The predicted octanol–water partition coefficient (Wildman–Crippen LogP) is 2.88. The highest BCUT2D eigenvalue weighted by Crippen LogP contribution is 2.30. The molecule has 0 radical (unpaired) electrons. The Morgan fingerprint density at radius 3 is 2.70 bits per heavy atom. The van der Waals surface area contributed by atoms with Crippen molar-refractivity contribution < 1.29 is 14.3 Å². The van der Waals surface area contributed by atoms with Gasteiger partial charge >= 0.3 is 0 Å². The first-order chi connectivity index (χ1) is 11.2. The van der Waals surface area contributed by atoms with Crippen molar-refractivity contribution in [1.29, 1.82) is 0 Å². The minimum Gasteiger partial charge on any atom is -0.464 e. The van der Waals surface area contributed by atoms with Crippen molar-refractivity contribution in [2.45, 2.75) is 63.5 Å². The van der Waals surface area contributed by atoms with Crippen LogP contribution in [0.1, 0.15) is 48.8 Å². The maximum atomic E-state index is 12.3. The van der Waals surface area contributed by atoms with Gasteiger partial charge in [0.25, 0.3) is 0 Å². The highest BCUT2D eigenvalue weighted by Gasteiger charge is 2.22. The van der Waals surface area contributed by atoms with Gasteiger partial charge in [-0.15, -0.1) is 0 Å². The van der Waals surface area contributed by atoms with Crippen LogP contribution < -0.4 is 5.32 Å². The van der Waals surface area contributed by atoms with Gasteiger partial charge in [0.2, 0.25) is 5.91 Å². The minimum atomic E-state index is -0.192. The molecule has 4 rings (SSSR count). The molecular weight excluding hydrogens is 290 g/mol. The smallest absolute Gasteiger partial charge is 0.224 e. The maximum Gasteiger partial charge on any atom is 0.224 e. The molecule has 4 nitrogen and oxygen atoms in total. The summed E-state index contributed by atoms with van der Waals surface area (Å²) >= 11 is 0. The molecule has 1 saturated carbocycles. The van der Waals surface area contributed by atoms with E-state index in [1.54, 1.807) is 6.26 Å². The number of hydrogen-bond donors (Lipinski definition) is 2. The summed E-state index contributed by atoms with van der Waals surface area (Å²) < 4.78 is 5.67. The SMILES string of the molecule is O=C(Cc1coc2cc3c(cc12)CCC3)NC1CCC(O)CC1. The molecule has 0 unspecified atom stereocenters. The molecule has 1 heterocycles. The fourth-order valence-corrected chi connectivity index (χ4v) is 3.96. The van der Waals surface area contributed by atoms with E-state index in [-0.39, 0.29) is 18.1 Å². The Labute approximate surface area is 135 Å². The number of aliphatic hydroxyl groups is 1. The van der Waals surface area contributed by atoms with Crippen molar-refractivity contribution in [2.24, 2.45) is 0 Å². The van der Waals surface area contributed by atoms with Crippen LogP contribution in [0.25, 0.3) is 11.0 Å². The van der Waals surface area contributed by atoms with Crippen molar-refractivity contribution in [1.82, 2.24) is 5.32 Å². The Hall–Kier alpha value is -1.81. The zero-order valence-electron chi connectivity index (χ0n) is 13.3. The number of amides is 1. The molecule has 0 aliphatic heterocycles. The summed E-state index contributed by atoms with van der Waals surface area (Å²) in [6.07, 6.45) is 8.68. The fourth-order valence-electron chi connectivity index (χ4n) is 3.96. The summed E-state index contributed by atoms with van der Waals surface area (Å²) in [5.41, 5.74) is 4.67. The van der Waals surface area contributed by atoms with Crippen LogP contribution in [0.3, 0.4) is 0 Å². The molecule has 2 N–H and O–H groups in total. The molecule has 0 bridgehead atoms. The van der Waals surface area contributed by atoms with E-state index in [2.05, 4.69) is 17.4 Å². The van der Waals surface area contributed by atoms with E-state index < -0.39 is 0 Å². The molecule has 0 atom stereocenters. The molecule has 1 fully saturated rings. The summed E-state index contributed by atoms with van der Waals surface area (Å²) in [6, 6.07) is 4.55. The first-order valence-electron chi connectivity index (χ1n) is 8.68. The molecule has 1 amide bonds. The third-order valence-electron chi connectivity index (χ3n) is 5.28. The average Bonchev–Trinajstić information content (AvgIpc) is 3.14. The lowest BCUT2D eigenvalue weighted by molar-refractivity contribution is -0.121. The van der Waals surface area contributed by atoms with E-state index in [1.807, 2.05) is 0 Å². The molecule has 4 heteroatoms. The van der Waals surface area contributed by atoms with Crippen LogP contribution >= 0.6 is 0 Å². The van der Waals surface area contributed by atoms with Crippen LogP contribution in [0.5, 0.6) is 0 Å². The zero-order chi connectivity index (χ0) is 15.8. The predicted molar refractivity (Wildman–Crippen MR) is 88.3 cm³/mol. The second-order valence-electron chi connectivity index (χ2n) is 6.98. The summed E-state index contributed by atoms with van der Waals surface area (Å²) in [4.78, 5) is 12.3. The normalized spacial score (nSPS) is 23.9. The highest BCUT2D eigenvalue weighted by atomic mass is 16.3. The van der Waals surface area contributed by atoms with Crippen molar-refractivity contribution in [3.05, 3.63) is 35.1 Å². The van der Waals surface area contributed by atoms with Gasteiger partial charge in [-0.1, -0.05) is 0 Å². The Balaban J connectivity index is 1.46. The van der Waals surface area contributed by atoms with E-state index in [9.17, 15) is 9.90 Å². The van der Waals surface area contributed by atoms with E-state index in [4.69, 9.17) is 4.42 Å². The summed E-state index contributed by atoms with van der Waals surface area (Å²) in [7, 11) is 0. The third kappa shape index (κ3) is 3.00. The van der Waals surface area contributed by atoms with Gasteiger partial charge in [-0.3, -0.25) is 4.79 Å². The first-order valence-corrected chi connectivity index (χ1v) is 8.68. The zero-order valence-corrected chi connectivity index (χ0v) is 13.3. The molecule has 23 heavy (non-hydrogen) atoms. The average molecular weight is 313 g/mol. The topological polar surface area (TPSA) is 62.5 Å². The van der Waals surface area contributed by atoms with Crippen molar-refractivity contribution in [2.75, 3.05) is 0 Å². The van der Waals surface area contributed by atoms with Gasteiger partial charge in [0.15, 0.2) is 0 Å². The number of carbonyl (C=O) groups is 1. The fraction of sp³-hybridized carbons (Fsp3) is 0.526. The number of aliphatic hydroxyl groups excluding tert-OH is 1. The van der Waals surface area contributed by atoms with Gasteiger partial charge in [-0.2, -0.15) is 0 Å². The summed E-state index contributed by atoms with van der Waals surface area (Å²) in [5.74, 6) is 0.0505. The summed E-state index contributed by atoms with van der Waals surface area (Å²) in [5, 5.41) is 13.7. The van der Waals surface area contributed by atoms with Gasteiger partial charge < -0.3 is 14.8 Å². The number of benzene rings is 1. The number of aryl methyl sites for hydroxylation is 2. The molecule has 2 aromatic rings. The quantitative estimate of drug-likeness (QED) is 0.916. The standard InChI is InChI=1S/C19H23NO3/c21-16-6-4-15(5-7-16)20-19(22)10-14-11-23-18-9-13-3-1-2-12(13)8-17(14)18/h8-9,11,15-16,21H,1-7,10H2,(H,20,22). The monoisotopic (exact) mass is 313 g/mol. The van der Waals surface area contributed by atoms with E-state index >= 15 is 0 Å². The number of rotatable bonds is 3. The maximum absolute atomic E-state index is 12.3. The molecule has 2 aliphatic carbocycles. The number of hydrogen-bond acceptors (Lipinski definition) is 3. The molecular formula is C19H23NO3. The second kappa shape index (κ2) is 6.00. The Kier molecular flexibility index (Phi) is 3.85. The van der Waals surface area contributed by atoms with Crippen molar-refractivity contribution >= 4 is 16.9 Å². The Bertz CT molecular complexity index is 726. The number of carbonyl (C=O) groups excluding carboxylic acids is 1. The number of nitrogens with one attached hydrogen (secondary N) is 1. The molecule has 0 spiro atoms. The van der Waals surface area contributed by atoms with E-state index in [1.165, 1.54) is 17.5 Å². The molecule has 2 aliphatic rings. The van der Waals surface area contributed by atoms with Crippen LogP contribution in [0.15, 0.2) is 22.8 Å². The lowest BCUT2D eigenvalue weighted by atomic mass is 9.93. The third-order valence-corrected chi connectivity index (χ3v) is 5.28. The summed E-state index contributed by atoms with van der Waals surface area (Å²) in [6.45, 7) is 0. The largest absolute Gasteiger partial charge is 0.464 e. The number of fused-ring (bicyclic) bond motifs is 2. The van der Waals surface area contributed by atoms with Crippen LogP contribution in [-0.2, 0) is 24.1 Å². The van der Waals surface area contributed by atoms with Crippen LogP contribution in [0, 0.1) is 0 Å². The van der Waals surface area contributed by atoms with Crippen molar-refractivity contribution in [3.63, 3.8) is 0 Å². The molecule has 1 aromatic heterocycles. The van der Waals surface area contributed by atoms with E-state index in [0.29, 0.717) is 6.42 Å². The van der Waals surface area contributed by atoms with Crippen LogP contribution in [0.4, 0.5) is 0 Å². The van der Waals surface area contributed by atoms with Crippen LogP contribution in [0.2, 0.25) is 0 Å². The van der Waals surface area contributed by atoms with E-state index in [0.717, 1.165) is 55.1 Å². The van der Waals surface area contributed by atoms with Gasteiger partial charge in [0.05, 0.1) is 18.8 Å². The first kappa shape index (κ1) is 14.8. The second-order valence-corrected chi connectivity index (χ2v) is 6.98. The molecule has 1 aromatic carbocycles.